The highest BCUT2D eigenvalue weighted by atomic mass is 16.3. The lowest BCUT2D eigenvalue weighted by Gasteiger charge is -2.19. The maximum absolute atomic E-state index is 12.4. The molecule has 4 nitrogen and oxygen atoms in total. The third-order valence-corrected chi connectivity index (χ3v) is 10.8. The first-order valence-electron chi connectivity index (χ1n) is 23.9. The Morgan fingerprint density at radius 3 is 1.19 bits per heavy atom. The van der Waals surface area contributed by atoms with Gasteiger partial charge in [-0.1, -0.05) is 223 Å². The molecular formula is C50H93NO3. The van der Waals surface area contributed by atoms with Crippen molar-refractivity contribution in [3.05, 3.63) is 48.6 Å². The maximum atomic E-state index is 12.4. The second-order valence-corrected chi connectivity index (χ2v) is 16.2. The molecule has 2 atom stereocenters. The van der Waals surface area contributed by atoms with Crippen molar-refractivity contribution in [3.63, 3.8) is 0 Å². The van der Waals surface area contributed by atoms with Crippen LogP contribution in [0.1, 0.15) is 245 Å². The summed E-state index contributed by atoms with van der Waals surface area (Å²) in [6.07, 6.45) is 62.4. The lowest BCUT2D eigenvalue weighted by atomic mass is 10.0. The van der Waals surface area contributed by atoms with Crippen molar-refractivity contribution in [3.8, 4) is 0 Å². The van der Waals surface area contributed by atoms with Crippen molar-refractivity contribution in [2.45, 2.75) is 257 Å². The Balaban J connectivity index is 3.52. The van der Waals surface area contributed by atoms with Crippen LogP contribution in [0.3, 0.4) is 0 Å². The fourth-order valence-corrected chi connectivity index (χ4v) is 7.11. The van der Waals surface area contributed by atoms with Crippen molar-refractivity contribution in [1.29, 1.82) is 0 Å². The van der Waals surface area contributed by atoms with E-state index >= 15 is 0 Å². The first-order chi connectivity index (χ1) is 26.7. The third kappa shape index (κ3) is 41.5. The SMILES string of the molecule is CCCCCCCCC/C=C/CC/C=C/C(O)C(CO)NC(=O)CCCCCCCCCCCCCCC/C=C\C/C=C\CCCCCCCCCCC. The number of nitrogens with one attached hydrogen (secondary N) is 1. The maximum Gasteiger partial charge on any atom is 0.220 e. The number of carbonyl (C=O) groups is 1. The standard InChI is InChI=1S/C50H93NO3/c1-3-5-7-9-11-13-15-17-18-19-20-21-22-23-24-25-26-27-28-29-30-31-32-34-36-38-40-42-44-46-50(54)51-48(47-52)49(53)45-43-41-39-37-35-33-16-14-12-10-8-6-4-2/h20-21,23-24,35,37,43,45,48-49,52-53H,3-19,22,25-34,36,38-42,44,46-47H2,1-2H3,(H,51,54)/b21-20-,24-23-,37-35+,45-43+. The number of hydrogen-bond donors (Lipinski definition) is 3. The Morgan fingerprint density at radius 2 is 0.778 bits per heavy atom. The van der Waals surface area contributed by atoms with Crippen LogP contribution in [-0.2, 0) is 4.79 Å². The highest BCUT2D eigenvalue weighted by Gasteiger charge is 2.17. The molecule has 0 aliphatic carbocycles. The van der Waals surface area contributed by atoms with Crippen molar-refractivity contribution in [2.24, 2.45) is 0 Å². The van der Waals surface area contributed by atoms with E-state index in [0.717, 1.165) is 38.5 Å². The van der Waals surface area contributed by atoms with Gasteiger partial charge in [-0.15, -0.1) is 0 Å². The number of hydrogen-bond acceptors (Lipinski definition) is 3. The lowest BCUT2D eigenvalue weighted by molar-refractivity contribution is -0.123. The highest BCUT2D eigenvalue weighted by molar-refractivity contribution is 5.76. The van der Waals surface area contributed by atoms with Gasteiger partial charge in [0.25, 0.3) is 0 Å². The number of aliphatic hydroxyl groups is 2. The van der Waals surface area contributed by atoms with Gasteiger partial charge in [0.05, 0.1) is 18.8 Å². The molecule has 316 valence electrons. The predicted molar refractivity (Wildman–Crippen MR) is 239 cm³/mol. The van der Waals surface area contributed by atoms with E-state index in [4.69, 9.17) is 0 Å². The van der Waals surface area contributed by atoms with E-state index < -0.39 is 12.1 Å². The molecule has 0 aliphatic rings. The molecule has 0 heterocycles. The molecule has 2 unspecified atom stereocenters. The Hall–Kier alpha value is -1.65. The van der Waals surface area contributed by atoms with Gasteiger partial charge in [0.15, 0.2) is 0 Å². The Bertz CT molecular complexity index is 862. The Morgan fingerprint density at radius 1 is 0.444 bits per heavy atom. The summed E-state index contributed by atoms with van der Waals surface area (Å²) in [5.74, 6) is -0.0753. The van der Waals surface area contributed by atoms with Crippen LogP contribution in [0.15, 0.2) is 48.6 Å². The van der Waals surface area contributed by atoms with E-state index in [0.29, 0.717) is 6.42 Å². The normalized spacial score (nSPS) is 13.3. The molecule has 0 aromatic rings. The molecule has 0 aromatic heterocycles. The van der Waals surface area contributed by atoms with Gasteiger partial charge in [-0.2, -0.15) is 0 Å². The van der Waals surface area contributed by atoms with Gasteiger partial charge in [0.2, 0.25) is 5.91 Å². The summed E-state index contributed by atoms with van der Waals surface area (Å²) < 4.78 is 0. The first-order valence-corrected chi connectivity index (χ1v) is 23.9. The van der Waals surface area contributed by atoms with Crippen LogP contribution < -0.4 is 5.32 Å². The van der Waals surface area contributed by atoms with Gasteiger partial charge in [-0.05, 0) is 64.2 Å². The molecular weight excluding hydrogens is 663 g/mol. The average molecular weight is 756 g/mol. The van der Waals surface area contributed by atoms with E-state index in [-0.39, 0.29) is 12.5 Å². The Kier molecular flexibility index (Phi) is 44.3. The smallest absolute Gasteiger partial charge is 0.220 e. The van der Waals surface area contributed by atoms with Crippen LogP contribution >= 0.6 is 0 Å². The number of unbranched alkanes of at least 4 members (excludes halogenated alkanes) is 30. The summed E-state index contributed by atoms with van der Waals surface area (Å²) >= 11 is 0. The number of amides is 1. The molecule has 54 heavy (non-hydrogen) atoms. The van der Waals surface area contributed by atoms with E-state index in [9.17, 15) is 15.0 Å². The fraction of sp³-hybridized carbons (Fsp3) is 0.820. The number of allylic oxidation sites excluding steroid dienone is 7. The second-order valence-electron chi connectivity index (χ2n) is 16.2. The Labute approximate surface area is 337 Å². The first kappa shape index (κ1) is 52.3. The molecule has 3 N–H and O–H groups in total. The molecule has 0 fully saturated rings. The van der Waals surface area contributed by atoms with Gasteiger partial charge < -0.3 is 15.5 Å². The van der Waals surface area contributed by atoms with E-state index in [1.54, 1.807) is 6.08 Å². The molecule has 0 saturated heterocycles. The molecule has 0 radical (unpaired) electrons. The van der Waals surface area contributed by atoms with Gasteiger partial charge in [-0.3, -0.25) is 4.79 Å². The van der Waals surface area contributed by atoms with Crippen LogP contribution in [-0.4, -0.2) is 34.9 Å². The van der Waals surface area contributed by atoms with Crippen LogP contribution in [0, 0.1) is 0 Å². The summed E-state index contributed by atoms with van der Waals surface area (Å²) in [5, 5.41) is 23.0. The van der Waals surface area contributed by atoms with Crippen molar-refractivity contribution in [2.75, 3.05) is 6.61 Å². The average Bonchev–Trinajstić information content (AvgIpc) is 3.18. The molecule has 0 bridgehead atoms. The quantitative estimate of drug-likeness (QED) is 0.0429. The van der Waals surface area contributed by atoms with E-state index in [1.807, 2.05) is 6.08 Å². The molecule has 0 aromatic carbocycles. The minimum Gasteiger partial charge on any atom is -0.394 e. The minimum absolute atomic E-state index is 0.0753. The zero-order valence-electron chi connectivity index (χ0n) is 36.2. The topological polar surface area (TPSA) is 69.6 Å². The van der Waals surface area contributed by atoms with Crippen molar-refractivity contribution < 1.29 is 15.0 Å². The number of aliphatic hydroxyl groups excluding tert-OH is 2. The summed E-state index contributed by atoms with van der Waals surface area (Å²) in [6, 6.07) is -0.639. The summed E-state index contributed by atoms with van der Waals surface area (Å²) in [5.41, 5.74) is 0. The van der Waals surface area contributed by atoms with Crippen molar-refractivity contribution in [1.82, 2.24) is 5.32 Å². The third-order valence-electron chi connectivity index (χ3n) is 10.8. The molecule has 0 aliphatic heterocycles. The molecule has 4 heteroatoms. The van der Waals surface area contributed by atoms with Gasteiger partial charge in [-0.25, -0.2) is 0 Å². The summed E-state index contributed by atoms with van der Waals surface area (Å²) in [7, 11) is 0. The van der Waals surface area contributed by atoms with Crippen LogP contribution in [0.25, 0.3) is 0 Å². The monoisotopic (exact) mass is 756 g/mol. The summed E-state index contributed by atoms with van der Waals surface area (Å²) in [6.45, 7) is 4.29. The summed E-state index contributed by atoms with van der Waals surface area (Å²) in [4.78, 5) is 12.4. The predicted octanol–water partition coefficient (Wildman–Crippen LogP) is 15.1. The number of carbonyl (C=O) groups excluding carboxylic acids is 1. The van der Waals surface area contributed by atoms with Crippen LogP contribution in [0.2, 0.25) is 0 Å². The largest absolute Gasteiger partial charge is 0.394 e. The van der Waals surface area contributed by atoms with Crippen molar-refractivity contribution >= 4 is 5.91 Å². The molecule has 1 amide bonds. The lowest BCUT2D eigenvalue weighted by Crippen LogP contribution is -2.45. The fourth-order valence-electron chi connectivity index (χ4n) is 7.11. The zero-order chi connectivity index (χ0) is 39.3. The second kappa shape index (κ2) is 45.7. The molecule has 0 saturated carbocycles. The minimum atomic E-state index is -0.861. The van der Waals surface area contributed by atoms with E-state index in [2.05, 4.69) is 55.6 Å². The van der Waals surface area contributed by atoms with Crippen LogP contribution in [0.5, 0.6) is 0 Å². The van der Waals surface area contributed by atoms with Gasteiger partial charge in [0.1, 0.15) is 0 Å². The number of rotatable bonds is 43. The van der Waals surface area contributed by atoms with Crippen LogP contribution in [0.4, 0.5) is 0 Å². The molecule has 0 spiro atoms. The zero-order valence-corrected chi connectivity index (χ0v) is 36.2. The highest BCUT2D eigenvalue weighted by Crippen LogP contribution is 2.15. The van der Waals surface area contributed by atoms with Gasteiger partial charge >= 0.3 is 0 Å². The van der Waals surface area contributed by atoms with Gasteiger partial charge in [0, 0.05) is 6.42 Å². The molecule has 0 rings (SSSR count). The van der Waals surface area contributed by atoms with E-state index in [1.165, 1.54) is 186 Å².